The lowest BCUT2D eigenvalue weighted by Crippen LogP contribution is -2.39. The van der Waals surface area contributed by atoms with Crippen LogP contribution in [0.25, 0.3) is 0 Å². The Balaban J connectivity index is 0.00000576. The van der Waals surface area contributed by atoms with Crippen LogP contribution < -0.4 is 5.32 Å². The van der Waals surface area contributed by atoms with Crippen molar-refractivity contribution in [2.24, 2.45) is 4.99 Å². The fourth-order valence-electron chi connectivity index (χ4n) is 2.40. The minimum Gasteiger partial charge on any atom is -0.357 e. The first-order valence-corrected chi connectivity index (χ1v) is 8.53. The van der Waals surface area contributed by atoms with Crippen molar-refractivity contribution < 1.29 is 9.18 Å². The molecule has 1 rings (SSSR count). The van der Waals surface area contributed by atoms with E-state index in [0.717, 1.165) is 31.2 Å². The van der Waals surface area contributed by atoms with E-state index in [-0.39, 0.29) is 35.7 Å². The Labute approximate surface area is 167 Å². The van der Waals surface area contributed by atoms with Gasteiger partial charge in [0.05, 0.1) is 6.54 Å². The molecule has 0 spiro atoms. The molecule has 1 N–H and O–H groups in total. The molecule has 0 atom stereocenters. The molecular formula is C18H30FIN4O. The predicted molar refractivity (Wildman–Crippen MR) is 112 cm³/mol. The summed E-state index contributed by atoms with van der Waals surface area (Å²) in [4.78, 5) is 20.3. The maximum absolute atomic E-state index is 13.0. The van der Waals surface area contributed by atoms with E-state index in [1.807, 2.05) is 37.6 Å². The number of nitrogens with one attached hydrogen (secondary N) is 1. The average Bonchev–Trinajstić information content (AvgIpc) is 2.57. The van der Waals surface area contributed by atoms with Gasteiger partial charge in [-0.15, -0.1) is 24.0 Å². The Bertz CT molecular complexity index is 532. The zero-order valence-electron chi connectivity index (χ0n) is 15.6. The van der Waals surface area contributed by atoms with Gasteiger partial charge in [0.15, 0.2) is 5.96 Å². The molecule has 25 heavy (non-hydrogen) atoms. The van der Waals surface area contributed by atoms with Gasteiger partial charge in [-0.25, -0.2) is 4.39 Å². The fourth-order valence-corrected chi connectivity index (χ4v) is 2.40. The fraction of sp³-hybridized carbons (Fsp3) is 0.556. The summed E-state index contributed by atoms with van der Waals surface area (Å²) in [6, 6.07) is 6.44. The Morgan fingerprint density at radius 3 is 2.28 bits per heavy atom. The van der Waals surface area contributed by atoms with Crippen LogP contribution in [-0.4, -0.2) is 54.9 Å². The van der Waals surface area contributed by atoms with Gasteiger partial charge >= 0.3 is 0 Å². The van der Waals surface area contributed by atoms with Crippen LogP contribution >= 0.6 is 24.0 Å². The van der Waals surface area contributed by atoms with E-state index in [9.17, 15) is 9.18 Å². The van der Waals surface area contributed by atoms with Gasteiger partial charge in [-0.2, -0.15) is 0 Å². The van der Waals surface area contributed by atoms with E-state index < -0.39 is 0 Å². The Morgan fingerprint density at radius 1 is 1.16 bits per heavy atom. The number of hydrogen-bond donors (Lipinski definition) is 1. The van der Waals surface area contributed by atoms with Crippen LogP contribution in [0, 0.1) is 5.82 Å². The molecule has 1 aromatic carbocycles. The van der Waals surface area contributed by atoms with E-state index in [4.69, 9.17) is 0 Å². The minimum absolute atomic E-state index is 0. The molecule has 0 unspecified atom stereocenters. The van der Waals surface area contributed by atoms with Crippen LogP contribution in [0.5, 0.6) is 0 Å². The summed E-state index contributed by atoms with van der Waals surface area (Å²) in [5.41, 5.74) is 1.00. The summed E-state index contributed by atoms with van der Waals surface area (Å²) in [7, 11) is 1.93. The molecule has 0 heterocycles. The molecule has 1 amide bonds. The number of rotatable bonds is 8. The van der Waals surface area contributed by atoms with Gasteiger partial charge in [-0.05, 0) is 38.5 Å². The maximum Gasteiger partial charge on any atom is 0.224 e. The van der Waals surface area contributed by atoms with Crippen LogP contribution in [-0.2, 0) is 11.3 Å². The van der Waals surface area contributed by atoms with Gasteiger partial charge in [0.25, 0.3) is 0 Å². The van der Waals surface area contributed by atoms with Crippen molar-refractivity contribution in [1.82, 2.24) is 15.1 Å². The van der Waals surface area contributed by atoms with Crippen molar-refractivity contribution in [2.45, 2.75) is 33.7 Å². The number of carbonyl (C=O) groups excluding carboxylic acids is 1. The van der Waals surface area contributed by atoms with E-state index in [2.05, 4.69) is 10.3 Å². The minimum atomic E-state index is -0.239. The zero-order valence-corrected chi connectivity index (χ0v) is 17.9. The SMILES string of the molecule is CCNC(=NCCC(=O)N(CC)CC)N(C)Cc1ccc(F)cc1.I. The highest BCUT2D eigenvalue weighted by Crippen LogP contribution is 2.06. The van der Waals surface area contributed by atoms with E-state index in [1.165, 1.54) is 12.1 Å². The molecule has 0 bridgehead atoms. The molecule has 0 aromatic heterocycles. The first-order chi connectivity index (χ1) is 11.5. The average molecular weight is 464 g/mol. The summed E-state index contributed by atoms with van der Waals surface area (Å²) < 4.78 is 13.0. The second-order valence-corrected chi connectivity index (χ2v) is 5.53. The molecule has 0 aliphatic carbocycles. The molecule has 0 aliphatic rings. The molecule has 5 nitrogen and oxygen atoms in total. The molecule has 142 valence electrons. The number of hydrogen-bond acceptors (Lipinski definition) is 2. The first-order valence-electron chi connectivity index (χ1n) is 8.53. The maximum atomic E-state index is 13.0. The Hall–Kier alpha value is -1.38. The van der Waals surface area contributed by atoms with Crippen LogP contribution in [0.2, 0.25) is 0 Å². The summed E-state index contributed by atoms with van der Waals surface area (Å²) in [6.07, 6.45) is 0.404. The van der Waals surface area contributed by atoms with Crippen LogP contribution in [0.3, 0.4) is 0 Å². The monoisotopic (exact) mass is 464 g/mol. The van der Waals surface area contributed by atoms with Crippen LogP contribution in [0.4, 0.5) is 4.39 Å². The van der Waals surface area contributed by atoms with E-state index >= 15 is 0 Å². The normalized spacial score (nSPS) is 10.8. The molecule has 0 saturated heterocycles. The highest BCUT2D eigenvalue weighted by atomic mass is 127. The van der Waals surface area contributed by atoms with Crippen molar-refractivity contribution in [2.75, 3.05) is 33.2 Å². The summed E-state index contributed by atoms with van der Waals surface area (Å²) in [5.74, 6) is 0.631. The third kappa shape index (κ3) is 8.51. The zero-order chi connectivity index (χ0) is 17.9. The Morgan fingerprint density at radius 2 is 1.76 bits per heavy atom. The second kappa shape index (κ2) is 12.9. The van der Waals surface area contributed by atoms with Crippen molar-refractivity contribution in [3.05, 3.63) is 35.6 Å². The molecule has 1 aromatic rings. The molecule has 0 saturated carbocycles. The summed E-state index contributed by atoms with van der Waals surface area (Å²) in [6.45, 7) is 9.23. The van der Waals surface area contributed by atoms with Crippen molar-refractivity contribution >= 4 is 35.8 Å². The second-order valence-electron chi connectivity index (χ2n) is 5.53. The van der Waals surface area contributed by atoms with Crippen LogP contribution in [0.1, 0.15) is 32.8 Å². The van der Waals surface area contributed by atoms with Crippen LogP contribution in [0.15, 0.2) is 29.3 Å². The standard InChI is InChI=1S/C18H29FN4O.HI/c1-5-20-18(21-13-12-17(24)23(6-2)7-3)22(4)14-15-8-10-16(19)11-9-15;/h8-11H,5-7,12-14H2,1-4H3,(H,20,21);1H. The Kier molecular flexibility index (Phi) is 12.2. The molecule has 0 fully saturated rings. The highest BCUT2D eigenvalue weighted by Gasteiger charge is 2.10. The number of halogens is 2. The van der Waals surface area contributed by atoms with Crippen molar-refractivity contribution in [3.63, 3.8) is 0 Å². The number of amides is 1. The van der Waals surface area contributed by atoms with Gasteiger partial charge in [-0.1, -0.05) is 12.1 Å². The highest BCUT2D eigenvalue weighted by molar-refractivity contribution is 14.0. The van der Waals surface area contributed by atoms with Gasteiger partial charge in [0.2, 0.25) is 5.91 Å². The molecule has 0 aliphatic heterocycles. The lowest BCUT2D eigenvalue weighted by atomic mass is 10.2. The third-order valence-electron chi connectivity index (χ3n) is 3.73. The summed E-state index contributed by atoms with van der Waals surface area (Å²) in [5, 5.41) is 3.22. The number of guanidine groups is 1. The van der Waals surface area contributed by atoms with E-state index in [0.29, 0.717) is 19.5 Å². The van der Waals surface area contributed by atoms with E-state index in [1.54, 1.807) is 12.1 Å². The van der Waals surface area contributed by atoms with Gasteiger partial charge in [-0.3, -0.25) is 9.79 Å². The van der Waals surface area contributed by atoms with Crippen molar-refractivity contribution in [3.8, 4) is 0 Å². The van der Waals surface area contributed by atoms with Gasteiger partial charge in [0, 0.05) is 39.6 Å². The largest absolute Gasteiger partial charge is 0.357 e. The number of nitrogens with zero attached hydrogens (tertiary/aromatic N) is 3. The lowest BCUT2D eigenvalue weighted by Gasteiger charge is -2.22. The quantitative estimate of drug-likeness (QED) is 0.366. The third-order valence-corrected chi connectivity index (χ3v) is 3.73. The smallest absolute Gasteiger partial charge is 0.224 e. The first kappa shape index (κ1) is 23.6. The molecule has 7 heteroatoms. The molecule has 0 radical (unpaired) electrons. The number of aliphatic imine (C=N–C) groups is 1. The molecular weight excluding hydrogens is 434 g/mol. The topological polar surface area (TPSA) is 47.9 Å². The predicted octanol–water partition coefficient (Wildman–Crippen LogP) is 3.10. The van der Waals surface area contributed by atoms with Crippen molar-refractivity contribution in [1.29, 1.82) is 0 Å². The number of carbonyl (C=O) groups is 1. The van der Waals surface area contributed by atoms with Gasteiger partial charge < -0.3 is 15.1 Å². The number of benzene rings is 1. The van der Waals surface area contributed by atoms with Gasteiger partial charge in [0.1, 0.15) is 5.82 Å². The lowest BCUT2D eigenvalue weighted by molar-refractivity contribution is -0.130. The summed E-state index contributed by atoms with van der Waals surface area (Å²) >= 11 is 0.